The molecule has 1 aliphatic carbocycles. The smallest absolute Gasteiger partial charge is 0.329 e. The number of hydrogen-bond donors (Lipinski definition) is 5. The van der Waals surface area contributed by atoms with Gasteiger partial charge in [0.15, 0.2) is 11.3 Å². The number of rotatable bonds is 10. The molecule has 6 N–H and O–H groups in total. The molecule has 5 aliphatic heterocycles. The maximum Gasteiger partial charge on any atom is 0.329 e. The normalized spacial score (nSPS) is 25.9. The van der Waals surface area contributed by atoms with Gasteiger partial charge in [-0.15, -0.1) is 0 Å². The SMILES string of the molecule is Cc1c2oc3c(C)ccc(C(=O)NC4C(=O)NC(CC(C)C)C(=O)N5CCCC5C(=O)N(C)CC(=O)N(C)C(C(C)C)C(=O)OC4C)c3nc-2c(C(=O)NC2C(=O)NC(CC(C)C)C(=O)N3CCCC3C(=O)N(C)CC(=O)N(C)C(C(C)C)C(=O)OC2C)c(N)c1=O. The standard InChI is InChI=1S/C64H90N12O16/c1-29(2)25-38-59(84)75-23-17-19-40(75)61(86)71(13)27-42(77)73(15)50(31(5)6)63(88)90-35(11)46(57(82)66-38)69-55(80)37-22-21-33(9)53-48(37)68-49-44(45(65)52(79)34(10)54(49)92-53)56(81)70-47-36(12)91-64(89)51(32(7)8)74(16)43(78)28-72(14)62(87)41-20-18-24-76(41)60(85)39(26-30(3)4)67-58(47)83/h21-22,29-32,35-36,38-41,46-47,50-51H,17-20,23-28,65H2,1-16H3,(H,66,82)(H,67,83)(H,69,80)(H,70,81). The Morgan fingerprint density at radius 3 is 1.47 bits per heavy atom. The second kappa shape index (κ2) is 28.8. The summed E-state index contributed by atoms with van der Waals surface area (Å²) in [7, 11) is 5.61. The molecule has 92 heavy (non-hydrogen) atoms. The average molecular weight is 1280 g/mol. The lowest BCUT2D eigenvalue weighted by Crippen LogP contribution is -2.60. The number of cyclic esters (lactones) is 2. The van der Waals surface area contributed by atoms with E-state index in [0.717, 1.165) is 9.80 Å². The van der Waals surface area contributed by atoms with Crippen molar-refractivity contribution in [1.29, 1.82) is 0 Å². The first-order valence-electron chi connectivity index (χ1n) is 31.5. The van der Waals surface area contributed by atoms with Crippen LogP contribution in [0.5, 0.6) is 0 Å². The van der Waals surface area contributed by atoms with E-state index in [1.54, 1.807) is 34.6 Å². The quantitative estimate of drug-likeness (QED) is 0.109. The molecule has 28 nitrogen and oxygen atoms in total. The number of nitrogens with two attached hydrogens (primary N) is 1. The van der Waals surface area contributed by atoms with Gasteiger partial charge in [0.2, 0.25) is 52.7 Å². The second-order valence-electron chi connectivity index (χ2n) is 26.5. The number of benzene rings is 2. The minimum atomic E-state index is -1.88. The van der Waals surface area contributed by atoms with Gasteiger partial charge in [-0.05, 0) is 102 Å². The fourth-order valence-corrected chi connectivity index (χ4v) is 12.7. The maximum atomic E-state index is 15.2. The number of likely N-dealkylation sites (N-methyl/N-ethyl adjacent to an activating group) is 4. The third-order valence-electron chi connectivity index (χ3n) is 17.7. The third-order valence-corrected chi connectivity index (χ3v) is 17.7. The van der Waals surface area contributed by atoms with Gasteiger partial charge < -0.3 is 70.3 Å². The zero-order valence-corrected chi connectivity index (χ0v) is 55.5. The number of nitrogen functional groups attached to an aromatic ring is 1. The Hall–Kier alpha value is -8.72. The molecular formula is C64H90N12O16. The Balaban J connectivity index is 1.33. The van der Waals surface area contributed by atoms with Crippen LogP contribution in [0.15, 0.2) is 21.3 Å². The van der Waals surface area contributed by atoms with E-state index in [0.29, 0.717) is 18.4 Å². The van der Waals surface area contributed by atoms with E-state index in [4.69, 9.17) is 24.6 Å². The van der Waals surface area contributed by atoms with Gasteiger partial charge in [0, 0.05) is 46.8 Å². The van der Waals surface area contributed by atoms with Crippen LogP contribution in [0.25, 0.3) is 22.6 Å². The molecule has 4 saturated heterocycles. The fraction of sp³-hybridized carbons (Fsp3) is 0.625. The number of aromatic nitrogens is 1. The summed E-state index contributed by atoms with van der Waals surface area (Å²) >= 11 is 0. The highest BCUT2D eigenvalue weighted by Gasteiger charge is 2.46. The molecule has 5 heterocycles. The Kier molecular flexibility index (Phi) is 22.2. The van der Waals surface area contributed by atoms with Crippen LogP contribution < -0.4 is 32.4 Å². The van der Waals surface area contributed by atoms with Crippen molar-refractivity contribution in [3.8, 4) is 11.5 Å². The van der Waals surface area contributed by atoms with E-state index in [1.165, 1.54) is 80.7 Å². The number of hydrogen-bond acceptors (Lipinski definition) is 18. The molecule has 502 valence electrons. The van der Waals surface area contributed by atoms with Crippen molar-refractivity contribution in [2.75, 3.05) is 60.1 Å². The zero-order chi connectivity index (χ0) is 68.4. The molecule has 7 rings (SSSR count). The predicted molar refractivity (Wildman–Crippen MR) is 335 cm³/mol. The number of fused-ring (bicyclic) bond motifs is 4. The van der Waals surface area contributed by atoms with Crippen molar-refractivity contribution in [2.45, 2.75) is 182 Å². The van der Waals surface area contributed by atoms with E-state index in [-0.39, 0.29) is 78.6 Å². The fourth-order valence-electron chi connectivity index (χ4n) is 12.7. The minimum Gasteiger partial charge on any atom is -0.458 e. The zero-order valence-electron chi connectivity index (χ0n) is 55.5. The summed E-state index contributed by atoms with van der Waals surface area (Å²) in [5, 5.41) is 10.8. The number of amides is 10. The molecule has 28 heteroatoms. The Morgan fingerprint density at radius 1 is 0.630 bits per heavy atom. The van der Waals surface area contributed by atoms with Gasteiger partial charge in [-0.25, -0.2) is 14.6 Å². The molecule has 1 aromatic carbocycles. The molecule has 0 saturated carbocycles. The molecule has 1 aromatic rings. The van der Waals surface area contributed by atoms with E-state index in [1.807, 2.05) is 27.7 Å². The summed E-state index contributed by atoms with van der Waals surface area (Å²) in [6.07, 6.45) is -1.49. The van der Waals surface area contributed by atoms with Crippen LogP contribution >= 0.6 is 0 Å². The van der Waals surface area contributed by atoms with E-state index in [2.05, 4.69) is 21.3 Å². The second-order valence-corrected chi connectivity index (χ2v) is 26.5. The number of carbonyl (C=O) groups excluding carboxylic acids is 12. The van der Waals surface area contributed by atoms with Crippen LogP contribution in [0, 0.1) is 37.5 Å². The van der Waals surface area contributed by atoms with Gasteiger partial charge in [-0.3, -0.25) is 52.7 Å². The highest BCUT2D eigenvalue weighted by Crippen LogP contribution is 2.35. The Morgan fingerprint density at radius 2 is 1.05 bits per heavy atom. The van der Waals surface area contributed by atoms with Crippen molar-refractivity contribution >= 4 is 87.8 Å². The molecule has 10 atom stereocenters. The summed E-state index contributed by atoms with van der Waals surface area (Å²) in [5.41, 5.74) is 3.62. The topological polar surface area (TPSA) is 360 Å². The molecule has 0 bridgehead atoms. The monoisotopic (exact) mass is 1280 g/mol. The lowest BCUT2D eigenvalue weighted by atomic mass is 9.98. The van der Waals surface area contributed by atoms with Crippen molar-refractivity contribution < 1.29 is 71.4 Å². The maximum absolute atomic E-state index is 15.2. The predicted octanol–water partition coefficient (Wildman–Crippen LogP) is 1.51. The van der Waals surface area contributed by atoms with Gasteiger partial charge in [0.25, 0.3) is 11.8 Å². The highest BCUT2D eigenvalue weighted by molar-refractivity contribution is 6.10. The summed E-state index contributed by atoms with van der Waals surface area (Å²) in [5.74, 6) is -11.5. The lowest BCUT2D eigenvalue weighted by molar-refractivity contribution is -0.163. The van der Waals surface area contributed by atoms with E-state index >= 15 is 9.59 Å². The van der Waals surface area contributed by atoms with Crippen LogP contribution in [0.1, 0.15) is 140 Å². The van der Waals surface area contributed by atoms with Gasteiger partial charge in [0.1, 0.15) is 71.8 Å². The minimum absolute atomic E-state index is 0.0565. The molecule has 0 aromatic heterocycles. The van der Waals surface area contributed by atoms with Crippen LogP contribution in [0.4, 0.5) is 5.69 Å². The summed E-state index contributed by atoms with van der Waals surface area (Å²) in [4.78, 5) is 200. The molecule has 4 fully saturated rings. The van der Waals surface area contributed by atoms with Crippen LogP contribution in [0.2, 0.25) is 0 Å². The number of esters is 2. The number of anilines is 1. The Bertz CT molecular complexity index is 3450. The molecule has 0 spiro atoms. The van der Waals surface area contributed by atoms with E-state index in [9.17, 15) is 52.7 Å². The van der Waals surface area contributed by atoms with Crippen molar-refractivity contribution in [3.05, 3.63) is 44.6 Å². The Labute approximate surface area is 535 Å². The largest absolute Gasteiger partial charge is 0.458 e. The first-order valence-corrected chi connectivity index (χ1v) is 31.5. The average Bonchev–Trinajstić information content (AvgIpc) is 1.23. The molecule has 0 radical (unpaired) electrons. The lowest BCUT2D eigenvalue weighted by Gasteiger charge is -2.35. The van der Waals surface area contributed by atoms with Gasteiger partial charge >= 0.3 is 11.9 Å². The summed E-state index contributed by atoms with van der Waals surface area (Å²) < 4.78 is 18.4. The van der Waals surface area contributed by atoms with E-state index < -0.39 is 179 Å². The molecule has 10 amide bonds. The third kappa shape index (κ3) is 14.8. The van der Waals surface area contributed by atoms with Crippen LogP contribution in [0.3, 0.4) is 0 Å². The number of nitrogens with one attached hydrogen (secondary N) is 4. The van der Waals surface area contributed by atoms with Gasteiger partial charge in [-0.1, -0.05) is 61.5 Å². The van der Waals surface area contributed by atoms with Crippen molar-refractivity contribution in [3.63, 3.8) is 0 Å². The highest BCUT2D eigenvalue weighted by atomic mass is 16.6. The molecule has 6 aliphatic rings. The first-order chi connectivity index (χ1) is 43.1. The summed E-state index contributed by atoms with van der Waals surface area (Å²) in [6, 6.07) is -7.83. The number of ether oxygens (including phenoxy) is 2. The number of carbonyl (C=O) groups is 12. The summed E-state index contributed by atoms with van der Waals surface area (Å²) in [6.45, 7) is 19.0. The van der Waals surface area contributed by atoms with Crippen LogP contribution in [-0.4, -0.2) is 220 Å². The number of aryl methyl sites for hydroxylation is 1. The van der Waals surface area contributed by atoms with Gasteiger partial charge in [-0.2, -0.15) is 0 Å². The van der Waals surface area contributed by atoms with Crippen molar-refractivity contribution in [1.82, 2.24) is 55.7 Å². The van der Waals surface area contributed by atoms with Crippen molar-refractivity contribution in [2.24, 2.45) is 23.7 Å². The van der Waals surface area contributed by atoms with Crippen LogP contribution in [-0.2, 0) is 57.4 Å². The first kappa shape index (κ1) is 70.7. The molecule has 10 unspecified atom stereocenters. The molecular weight excluding hydrogens is 1190 g/mol. The van der Waals surface area contributed by atoms with Gasteiger partial charge in [0.05, 0.1) is 29.9 Å². The number of nitrogens with zero attached hydrogens (tertiary/aromatic N) is 7.